The molecule has 2 aromatic carbocycles. The standard InChI is InChI=1S/C22H26F3N3O3S.ClH/c1-15(16-11-13-26-14-12-16)28(2)32(30,31)20-10-6-5-9-19(20)27-21(29)17-7-3-4-8-18(17)22(23,24)25;/h3-10,15-16,26H,11-14H2,1-2H3,(H,27,29);1H/t15-;/m1./s1. The van der Waals surface area contributed by atoms with Crippen LogP contribution in [0.1, 0.15) is 35.7 Å². The molecule has 11 heteroatoms. The van der Waals surface area contributed by atoms with E-state index in [1.165, 1.54) is 47.8 Å². The second kappa shape index (κ2) is 10.9. The predicted octanol–water partition coefficient (Wildman–Crippen LogP) is 4.39. The molecule has 0 spiro atoms. The van der Waals surface area contributed by atoms with Crippen LogP contribution in [0.25, 0.3) is 0 Å². The number of amides is 1. The monoisotopic (exact) mass is 505 g/mol. The van der Waals surface area contributed by atoms with Gasteiger partial charge in [-0.1, -0.05) is 24.3 Å². The lowest BCUT2D eigenvalue weighted by molar-refractivity contribution is -0.137. The molecule has 1 aliphatic rings. The topological polar surface area (TPSA) is 78.5 Å². The summed E-state index contributed by atoms with van der Waals surface area (Å²) in [5, 5.41) is 5.61. The van der Waals surface area contributed by atoms with Crippen LogP contribution in [0, 0.1) is 5.92 Å². The van der Waals surface area contributed by atoms with E-state index in [4.69, 9.17) is 0 Å². The van der Waals surface area contributed by atoms with Crippen molar-refractivity contribution in [1.29, 1.82) is 0 Å². The van der Waals surface area contributed by atoms with E-state index in [1.807, 2.05) is 6.92 Å². The maximum absolute atomic E-state index is 13.4. The Bertz CT molecular complexity index is 1070. The van der Waals surface area contributed by atoms with Gasteiger partial charge in [-0.15, -0.1) is 12.4 Å². The third-order valence-electron chi connectivity index (χ3n) is 5.91. The first-order valence-corrected chi connectivity index (χ1v) is 11.7. The second-order valence-corrected chi connectivity index (χ2v) is 9.81. The maximum Gasteiger partial charge on any atom is 0.417 e. The molecule has 0 radical (unpaired) electrons. The fraction of sp³-hybridized carbons (Fsp3) is 0.409. The minimum absolute atomic E-state index is 0. The van der Waals surface area contributed by atoms with Crippen molar-refractivity contribution in [3.8, 4) is 0 Å². The predicted molar refractivity (Wildman–Crippen MR) is 123 cm³/mol. The lowest BCUT2D eigenvalue weighted by atomic mass is 9.91. The van der Waals surface area contributed by atoms with E-state index in [9.17, 15) is 26.4 Å². The molecule has 33 heavy (non-hydrogen) atoms. The van der Waals surface area contributed by atoms with Crippen LogP contribution in [-0.4, -0.2) is 44.8 Å². The van der Waals surface area contributed by atoms with E-state index in [-0.39, 0.29) is 34.9 Å². The van der Waals surface area contributed by atoms with E-state index in [1.54, 1.807) is 0 Å². The van der Waals surface area contributed by atoms with Gasteiger partial charge in [0.05, 0.1) is 16.8 Å². The molecule has 0 bridgehead atoms. The molecule has 1 aliphatic heterocycles. The summed E-state index contributed by atoms with van der Waals surface area (Å²) in [6.07, 6.45) is -3.04. The van der Waals surface area contributed by atoms with Crippen LogP contribution < -0.4 is 10.6 Å². The molecule has 1 heterocycles. The summed E-state index contributed by atoms with van der Waals surface area (Å²) in [6.45, 7) is 3.47. The molecule has 1 fully saturated rings. The molecule has 0 saturated carbocycles. The third kappa shape index (κ3) is 6.06. The van der Waals surface area contributed by atoms with Crippen LogP contribution in [0.4, 0.5) is 18.9 Å². The van der Waals surface area contributed by atoms with E-state index in [0.29, 0.717) is 0 Å². The zero-order valence-corrected chi connectivity index (χ0v) is 19.9. The Morgan fingerprint density at radius 3 is 2.30 bits per heavy atom. The van der Waals surface area contributed by atoms with Gasteiger partial charge in [-0.2, -0.15) is 17.5 Å². The van der Waals surface area contributed by atoms with E-state index in [2.05, 4.69) is 10.6 Å². The molecule has 6 nitrogen and oxygen atoms in total. The lowest BCUT2D eigenvalue weighted by Gasteiger charge is -2.34. The number of halogens is 4. The normalized spacial score (nSPS) is 16.2. The smallest absolute Gasteiger partial charge is 0.321 e. The SMILES string of the molecule is C[C@H](C1CCNCC1)N(C)S(=O)(=O)c1ccccc1NC(=O)c1ccccc1C(F)(F)F.Cl. The van der Waals surface area contributed by atoms with Gasteiger partial charge < -0.3 is 10.6 Å². The molecule has 2 aromatic rings. The summed E-state index contributed by atoms with van der Waals surface area (Å²) < 4.78 is 67.9. The maximum atomic E-state index is 13.4. The number of alkyl halides is 3. The zero-order valence-electron chi connectivity index (χ0n) is 18.2. The largest absolute Gasteiger partial charge is 0.417 e. The van der Waals surface area contributed by atoms with Crippen molar-refractivity contribution in [2.45, 2.75) is 36.9 Å². The molecule has 182 valence electrons. The third-order valence-corrected chi connectivity index (χ3v) is 7.91. The fourth-order valence-electron chi connectivity index (χ4n) is 3.91. The van der Waals surface area contributed by atoms with Gasteiger partial charge in [0.15, 0.2) is 0 Å². The summed E-state index contributed by atoms with van der Waals surface area (Å²) in [5.41, 5.74) is -1.74. The lowest BCUT2D eigenvalue weighted by Crippen LogP contribution is -2.43. The van der Waals surface area contributed by atoms with Gasteiger partial charge in [-0.3, -0.25) is 4.79 Å². The van der Waals surface area contributed by atoms with Gasteiger partial charge in [0, 0.05) is 13.1 Å². The van der Waals surface area contributed by atoms with Crippen LogP contribution in [0.15, 0.2) is 53.4 Å². The van der Waals surface area contributed by atoms with Crippen molar-refractivity contribution in [1.82, 2.24) is 9.62 Å². The second-order valence-electron chi connectivity index (χ2n) is 7.84. The first-order valence-electron chi connectivity index (χ1n) is 10.3. The quantitative estimate of drug-likeness (QED) is 0.610. The molecule has 1 amide bonds. The first kappa shape index (κ1) is 27.1. The summed E-state index contributed by atoms with van der Waals surface area (Å²) in [6, 6.07) is 9.83. The Balaban J connectivity index is 0.00000385. The molecule has 1 atom stereocenters. The highest BCUT2D eigenvalue weighted by Crippen LogP contribution is 2.33. The van der Waals surface area contributed by atoms with Gasteiger partial charge in [0.2, 0.25) is 10.0 Å². The Morgan fingerprint density at radius 2 is 1.67 bits per heavy atom. The minimum atomic E-state index is -4.72. The number of carbonyl (C=O) groups is 1. The number of rotatable bonds is 6. The van der Waals surface area contributed by atoms with Crippen molar-refractivity contribution in [2.24, 2.45) is 5.92 Å². The van der Waals surface area contributed by atoms with E-state index < -0.39 is 33.2 Å². The molecule has 3 rings (SSSR count). The summed E-state index contributed by atoms with van der Waals surface area (Å²) >= 11 is 0. The minimum Gasteiger partial charge on any atom is -0.321 e. The number of sulfonamides is 1. The van der Waals surface area contributed by atoms with Crippen LogP contribution in [0.5, 0.6) is 0 Å². The molecule has 0 aliphatic carbocycles. The number of benzene rings is 2. The Kier molecular flexibility index (Phi) is 8.92. The van der Waals surface area contributed by atoms with Crippen LogP contribution in [0.2, 0.25) is 0 Å². The van der Waals surface area contributed by atoms with Gasteiger partial charge in [0.25, 0.3) is 5.91 Å². The first-order chi connectivity index (χ1) is 15.0. The van der Waals surface area contributed by atoms with Gasteiger partial charge in [-0.25, -0.2) is 8.42 Å². The van der Waals surface area contributed by atoms with Gasteiger partial charge in [0.1, 0.15) is 4.90 Å². The van der Waals surface area contributed by atoms with Gasteiger partial charge in [-0.05, 0) is 63.0 Å². The van der Waals surface area contributed by atoms with Crippen molar-refractivity contribution in [3.05, 3.63) is 59.7 Å². The Morgan fingerprint density at radius 1 is 1.09 bits per heavy atom. The van der Waals surface area contributed by atoms with E-state index in [0.717, 1.165) is 38.1 Å². The highest BCUT2D eigenvalue weighted by molar-refractivity contribution is 7.89. The number of piperidine rings is 1. The number of hydrogen-bond donors (Lipinski definition) is 2. The van der Waals surface area contributed by atoms with Gasteiger partial charge >= 0.3 is 6.18 Å². The zero-order chi connectivity index (χ0) is 23.5. The Hall–Kier alpha value is -2.14. The van der Waals surface area contributed by atoms with Crippen LogP contribution in [0.3, 0.4) is 0 Å². The fourth-order valence-corrected chi connectivity index (χ4v) is 5.48. The number of nitrogens with one attached hydrogen (secondary N) is 2. The average Bonchev–Trinajstić information content (AvgIpc) is 2.78. The van der Waals surface area contributed by atoms with Crippen LogP contribution >= 0.6 is 12.4 Å². The highest BCUT2D eigenvalue weighted by atomic mass is 35.5. The summed E-state index contributed by atoms with van der Waals surface area (Å²) in [4.78, 5) is 12.5. The summed E-state index contributed by atoms with van der Waals surface area (Å²) in [5.74, 6) is -0.855. The van der Waals surface area contributed by atoms with E-state index >= 15 is 0 Å². The molecular weight excluding hydrogens is 479 g/mol. The molecule has 2 N–H and O–H groups in total. The Labute approximate surface area is 198 Å². The number of nitrogens with zero attached hydrogens (tertiary/aromatic N) is 1. The van der Waals surface area contributed by atoms with Crippen molar-refractivity contribution in [2.75, 3.05) is 25.5 Å². The number of para-hydroxylation sites is 1. The molecular formula is C22H27ClF3N3O3S. The number of carbonyl (C=O) groups excluding carboxylic acids is 1. The summed E-state index contributed by atoms with van der Waals surface area (Å²) in [7, 11) is -2.52. The molecule has 0 unspecified atom stereocenters. The molecule has 0 aromatic heterocycles. The van der Waals surface area contributed by atoms with Crippen molar-refractivity contribution in [3.63, 3.8) is 0 Å². The van der Waals surface area contributed by atoms with Crippen LogP contribution in [-0.2, 0) is 16.2 Å². The average molecular weight is 506 g/mol. The van der Waals surface area contributed by atoms with Crippen molar-refractivity contribution < 1.29 is 26.4 Å². The number of hydrogen-bond acceptors (Lipinski definition) is 4. The molecule has 1 saturated heterocycles. The van der Waals surface area contributed by atoms with Crippen molar-refractivity contribution >= 4 is 34.0 Å². The highest BCUT2D eigenvalue weighted by Gasteiger charge is 2.36. The number of anilines is 1.